The molecule has 0 amide bonds. The number of rotatable bonds is 1. The average Bonchev–Trinajstić information content (AvgIpc) is 2.46. The number of benzene rings is 1. The highest BCUT2D eigenvalue weighted by Gasteiger charge is 2.00. The predicted molar refractivity (Wildman–Crippen MR) is 56.5 cm³/mol. The van der Waals surface area contributed by atoms with Crippen molar-refractivity contribution in [2.24, 2.45) is 4.99 Å². The smallest absolute Gasteiger partial charge is 0.209 e. The van der Waals surface area contributed by atoms with Crippen molar-refractivity contribution in [1.29, 1.82) is 0 Å². The van der Waals surface area contributed by atoms with E-state index in [4.69, 9.17) is 0 Å². The molecule has 0 unspecified atom stereocenters. The summed E-state index contributed by atoms with van der Waals surface area (Å²) < 4.78 is 2.20. The number of aliphatic imine (C=N–C) groups is 1. The van der Waals surface area contributed by atoms with Crippen LogP contribution < -0.4 is 0 Å². The van der Waals surface area contributed by atoms with Gasteiger partial charge >= 0.3 is 0 Å². The number of nitrogens with zero attached hydrogens (tertiary/aromatic N) is 2. The van der Waals surface area contributed by atoms with Crippen LogP contribution in [0.25, 0.3) is 10.2 Å². The van der Waals surface area contributed by atoms with Crippen LogP contribution in [0.3, 0.4) is 0 Å². The standard InChI is InChI=1S/C8H5BrN2S/c1-10-8-11-6-3-2-5(9)4-7(6)12-8/h2-4H,1H2. The summed E-state index contributed by atoms with van der Waals surface area (Å²) in [7, 11) is 0. The molecule has 12 heavy (non-hydrogen) atoms. The van der Waals surface area contributed by atoms with E-state index in [0.717, 1.165) is 19.8 Å². The molecule has 1 aromatic heterocycles. The summed E-state index contributed by atoms with van der Waals surface area (Å²) in [5.41, 5.74) is 0.977. The third-order valence-electron chi connectivity index (χ3n) is 1.47. The molecule has 0 spiro atoms. The third kappa shape index (κ3) is 1.28. The van der Waals surface area contributed by atoms with Crippen LogP contribution in [0, 0.1) is 0 Å². The van der Waals surface area contributed by atoms with Crippen LogP contribution >= 0.6 is 27.3 Å². The molecule has 60 valence electrons. The fourth-order valence-electron chi connectivity index (χ4n) is 0.954. The molecule has 2 nitrogen and oxygen atoms in total. The Labute approximate surface area is 82.1 Å². The fraction of sp³-hybridized carbons (Fsp3) is 0. The zero-order valence-corrected chi connectivity index (χ0v) is 8.52. The van der Waals surface area contributed by atoms with E-state index >= 15 is 0 Å². The number of hydrogen-bond acceptors (Lipinski definition) is 3. The van der Waals surface area contributed by atoms with Crippen molar-refractivity contribution < 1.29 is 0 Å². The Balaban J connectivity index is 2.75. The highest BCUT2D eigenvalue weighted by molar-refractivity contribution is 9.10. The minimum absolute atomic E-state index is 0.725. The molecule has 4 heteroatoms. The van der Waals surface area contributed by atoms with Crippen LogP contribution in [0.2, 0.25) is 0 Å². The van der Waals surface area contributed by atoms with E-state index in [1.165, 1.54) is 0 Å². The first kappa shape index (κ1) is 7.89. The van der Waals surface area contributed by atoms with Crippen molar-refractivity contribution in [2.75, 3.05) is 0 Å². The highest BCUT2D eigenvalue weighted by Crippen LogP contribution is 2.29. The molecule has 2 rings (SSSR count). The van der Waals surface area contributed by atoms with Gasteiger partial charge in [0.2, 0.25) is 5.13 Å². The van der Waals surface area contributed by atoms with Gasteiger partial charge in [0, 0.05) is 4.47 Å². The lowest BCUT2D eigenvalue weighted by Crippen LogP contribution is -1.66. The van der Waals surface area contributed by atoms with Crippen LogP contribution in [-0.4, -0.2) is 11.7 Å². The molecule has 1 heterocycles. The van der Waals surface area contributed by atoms with Gasteiger partial charge in [0.05, 0.1) is 10.2 Å². The zero-order chi connectivity index (χ0) is 8.55. The normalized spacial score (nSPS) is 10.4. The molecule has 0 saturated carbocycles. The number of halogens is 1. The zero-order valence-electron chi connectivity index (χ0n) is 6.12. The number of hydrogen-bond donors (Lipinski definition) is 0. The Bertz CT molecular complexity index is 436. The molecule has 0 aliphatic rings. The molecule has 2 aromatic rings. The second kappa shape index (κ2) is 2.95. The Morgan fingerprint density at radius 3 is 3.08 bits per heavy atom. The molecular weight excluding hydrogens is 236 g/mol. The van der Waals surface area contributed by atoms with Gasteiger partial charge in [-0.1, -0.05) is 27.3 Å². The first-order chi connectivity index (χ1) is 5.79. The van der Waals surface area contributed by atoms with Crippen molar-refractivity contribution in [1.82, 2.24) is 4.98 Å². The van der Waals surface area contributed by atoms with Crippen LogP contribution in [0.15, 0.2) is 27.7 Å². The van der Waals surface area contributed by atoms with E-state index in [2.05, 4.69) is 32.6 Å². The van der Waals surface area contributed by atoms with E-state index < -0.39 is 0 Å². The second-order valence-electron chi connectivity index (χ2n) is 2.27. The minimum atomic E-state index is 0.725. The maximum atomic E-state index is 4.24. The van der Waals surface area contributed by atoms with Gasteiger partial charge in [-0.25, -0.2) is 9.98 Å². The summed E-state index contributed by atoms with van der Waals surface area (Å²) in [4.78, 5) is 8.02. The van der Waals surface area contributed by atoms with Crippen LogP contribution in [-0.2, 0) is 0 Å². The second-order valence-corrected chi connectivity index (χ2v) is 4.19. The lowest BCUT2D eigenvalue weighted by molar-refractivity contribution is 1.42. The Morgan fingerprint density at radius 2 is 2.33 bits per heavy atom. The number of thiazole rings is 1. The van der Waals surface area contributed by atoms with Gasteiger partial charge in [-0.05, 0) is 24.9 Å². The number of fused-ring (bicyclic) bond motifs is 1. The van der Waals surface area contributed by atoms with Gasteiger partial charge < -0.3 is 0 Å². The maximum Gasteiger partial charge on any atom is 0.209 e. The molecule has 0 fully saturated rings. The van der Waals surface area contributed by atoms with E-state index in [0.29, 0.717) is 0 Å². The molecular formula is C8H5BrN2S. The monoisotopic (exact) mass is 240 g/mol. The van der Waals surface area contributed by atoms with Crippen LogP contribution in [0.5, 0.6) is 0 Å². The molecule has 0 atom stereocenters. The lowest BCUT2D eigenvalue weighted by Gasteiger charge is -1.86. The first-order valence-corrected chi connectivity index (χ1v) is 4.93. The molecule has 0 aliphatic heterocycles. The van der Waals surface area contributed by atoms with Crippen molar-refractivity contribution >= 4 is 49.3 Å². The lowest BCUT2D eigenvalue weighted by atomic mass is 10.3. The summed E-state index contributed by atoms with van der Waals surface area (Å²) in [5, 5.41) is 0.725. The van der Waals surface area contributed by atoms with Crippen molar-refractivity contribution in [3.05, 3.63) is 22.7 Å². The largest absolute Gasteiger partial charge is 0.236 e. The predicted octanol–water partition coefficient (Wildman–Crippen LogP) is 3.39. The van der Waals surface area contributed by atoms with Crippen LogP contribution in [0.1, 0.15) is 0 Å². The third-order valence-corrected chi connectivity index (χ3v) is 2.92. The van der Waals surface area contributed by atoms with Crippen molar-refractivity contribution in [2.45, 2.75) is 0 Å². The van der Waals surface area contributed by atoms with E-state index in [1.54, 1.807) is 11.3 Å². The molecule has 0 aliphatic carbocycles. The topological polar surface area (TPSA) is 25.2 Å². The van der Waals surface area contributed by atoms with Gasteiger partial charge in [-0.15, -0.1) is 0 Å². The minimum Gasteiger partial charge on any atom is -0.236 e. The average molecular weight is 241 g/mol. The van der Waals surface area contributed by atoms with Gasteiger partial charge in [0.1, 0.15) is 0 Å². The Kier molecular flexibility index (Phi) is 1.94. The Morgan fingerprint density at radius 1 is 1.50 bits per heavy atom. The van der Waals surface area contributed by atoms with E-state index in [1.807, 2.05) is 18.2 Å². The summed E-state index contributed by atoms with van der Waals surface area (Å²) >= 11 is 4.94. The number of aromatic nitrogens is 1. The van der Waals surface area contributed by atoms with Gasteiger partial charge in [0.25, 0.3) is 0 Å². The molecule has 1 aromatic carbocycles. The fourth-order valence-corrected chi connectivity index (χ4v) is 2.28. The van der Waals surface area contributed by atoms with Gasteiger partial charge in [-0.3, -0.25) is 0 Å². The van der Waals surface area contributed by atoms with Crippen molar-refractivity contribution in [3.63, 3.8) is 0 Å². The molecule has 0 N–H and O–H groups in total. The Hall–Kier alpha value is -0.740. The van der Waals surface area contributed by atoms with E-state index in [-0.39, 0.29) is 0 Å². The van der Waals surface area contributed by atoms with Gasteiger partial charge in [0.15, 0.2) is 0 Å². The first-order valence-electron chi connectivity index (χ1n) is 3.32. The molecule has 0 radical (unpaired) electrons. The van der Waals surface area contributed by atoms with E-state index in [9.17, 15) is 0 Å². The quantitative estimate of drug-likeness (QED) is 0.702. The summed E-state index contributed by atoms with van der Waals surface area (Å²) in [6.07, 6.45) is 0. The summed E-state index contributed by atoms with van der Waals surface area (Å²) in [5.74, 6) is 0. The molecule has 0 saturated heterocycles. The van der Waals surface area contributed by atoms with Crippen LogP contribution in [0.4, 0.5) is 5.13 Å². The SMILES string of the molecule is C=Nc1nc2ccc(Br)cc2s1. The summed E-state index contributed by atoms with van der Waals surface area (Å²) in [6, 6.07) is 5.96. The molecule has 0 bridgehead atoms. The van der Waals surface area contributed by atoms with Crippen molar-refractivity contribution in [3.8, 4) is 0 Å². The highest BCUT2D eigenvalue weighted by atomic mass is 79.9. The summed E-state index contributed by atoms with van der Waals surface area (Å²) in [6.45, 7) is 3.43. The van der Waals surface area contributed by atoms with Gasteiger partial charge in [-0.2, -0.15) is 0 Å². The maximum absolute atomic E-state index is 4.24.